The van der Waals surface area contributed by atoms with Crippen molar-refractivity contribution in [2.75, 3.05) is 18.6 Å². The predicted octanol–water partition coefficient (Wildman–Crippen LogP) is 5.71. The van der Waals surface area contributed by atoms with Gasteiger partial charge in [0.05, 0.1) is 12.3 Å². The fourth-order valence-corrected chi connectivity index (χ4v) is 7.30. The molecule has 0 fully saturated rings. The van der Waals surface area contributed by atoms with Gasteiger partial charge in [-0.05, 0) is 55.7 Å². The molecule has 0 saturated carbocycles. The highest BCUT2D eigenvalue weighted by Crippen LogP contribution is 2.61. The number of rotatable bonds is 3. The number of carbonyl (C=O) groups is 2. The Labute approximate surface area is 220 Å². The summed E-state index contributed by atoms with van der Waals surface area (Å²) < 4.78 is 8.02. The van der Waals surface area contributed by atoms with E-state index in [4.69, 9.17) is 4.74 Å². The van der Waals surface area contributed by atoms with Crippen LogP contribution in [0.3, 0.4) is 0 Å². The van der Waals surface area contributed by atoms with Gasteiger partial charge in [0.25, 0.3) is 0 Å². The Morgan fingerprint density at radius 3 is 2.39 bits per heavy atom. The van der Waals surface area contributed by atoms with Gasteiger partial charge in [-0.2, -0.15) is 0 Å². The maximum Gasteiger partial charge on any atom is 0.338 e. The number of fused-ring (bicyclic) bond motifs is 7. The molecule has 4 heterocycles. The van der Waals surface area contributed by atoms with E-state index in [0.29, 0.717) is 0 Å². The summed E-state index contributed by atoms with van der Waals surface area (Å²) in [4.78, 5) is 34.3. The molecule has 6 nitrogen and oxygen atoms in total. The number of aromatic nitrogens is 2. The first-order chi connectivity index (χ1) is 18.4. The second-order valence-corrected chi connectivity index (χ2v) is 10.5. The van der Waals surface area contributed by atoms with Gasteiger partial charge in [-0.25, -0.2) is 4.79 Å². The van der Waals surface area contributed by atoms with Gasteiger partial charge in [0.15, 0.2) is 5.54 Å². The smallest absolute Gasteiger partial charge is 0.338 e. The predicted molar refractivity (Wildman–Crippen MR) is 149 cm³/mol. The molecule has 2 aliphatic rings. The Balaban J connectivity index is 1.69. The zero-order chi connectivity index (χ0) is 26.4. The molecule has 1 N–H and O–H groups in total. The van der Waals surface area contributed by atoms with Crippen molar-refractivity contribution in [1.29, 1.82) is 0 Å². The number of para-hydroxylation sites is 3. The van der Waals surface area contributed by atoms with Crippen molar-refractivity contribution in [3.63, 3.8) is 0 Å². The minimum absolute atomic E-state index is 0.0224. The summed E-state index contributed by atoms with van der Waals surface area (Å²) in [7, 11) is 1.83. The average Bonchev–Trinajstić information content (AvgIpc) is 3.61. The lowest BCUT2D eigenvalue weighted by atomic mass is 9.71. The Bertz CT molecular complexity index is 1810. The number of anilines is 1. The molecule has 2 atom stereocenters. The van der Waals surface area contributed by atoms with Crippen LogP contribution in [0.15, 0.2) is 72.8 Å². The zero-order valence-corrected chi connectivity index (χ0v) is 22.0. The lowest BCUT2D eigenvalue weighted by Gasteiger charge is -2.32. The van der Waals surface area contributed by atoms with Crippen molar-refractivity contribution < 1.29 is 14.3 Å². The van der Waals surface area contributed by atoms with Gasteiger partial charge in [0.1, 0.15) is 5.41 Å². The number of aromatic amines is 1. The first-order valence-corrected chi connectivity index (χ1v) is 13.1. The number of nitrogens with zero attached hydrogens (tertiary/aromatic N) is 2. The van der Waals surface area contributed by atoms with E-state index in [2.05, 4.69) is 35.5 Å². The molecule has 38 heavy (non-hydrogen) atoms. The summed E-state index contributed by atoms with van der Waals surface area (Å²) in [6.07, 6.45) is 0.244. The molecule has 0 bridgehead atoms. The van der Waals surface area contributed by atoms with E-state index in [9.17, 15) is 9.59 Å². The van der Waals surface area contributed by atoms with E-state index in [1.165, 1.54) is 0 Å². The van der Waals surface area contributed by atoms with E-state index < -0.39 is 11.0 Å². The lowest BCUT2D eigenvalue weighted by molar-refractivity contribution is -0.151. The fourth-order valence-electron chi connectivity index (χ4n) is 7.30. The molecule has 7 rings (SSSR count). The van der Waals surface area contributed by atoms with E-state index in [1.54, 1.807) is 4.90 Å². The molecule has 0 unspecified atom stereocenters. The average molecular weight is 504 g/mol. The summed E-state index contributed by atoms with van der Waals surface area (Å²) in [6.45, 7) is 6.20. The maximum absolute atomic E-state index is 14.5. The van der Waals surface area contributed by atoms with E-state index >= 15 is 0 Å². The number of aryl methyl sites for hydroxylation is 2. The van der Waals surface area contributed by atoms with Gasteiger partial charge < -0.3 is 19.2 Å². The monoisotopic (exact) mass is 503 g/mol. The molecule has 6 heteroatoms. The number of ether oxygens (including phenoxy) is 1. The van der Waals surface area contributed by atoms with Crippen LogP contribution in [0.5, 0.6) is 0 Å². The molecule has 1 spiro atoms. The van der Waals surface area contributed by atoms with Crippen molar-refractivity contribution in [1.82, 2.24) is 9.55 Å². The molecule has 2 aliphatic heterocycles. The molecule has 2 aromatic heterocycles. The number of hydrogen-bond acceptors (Lipinski definition) is 3. The van der Waals surface area contributed by atoms with Crippen LogP contribution in [0.4, 0.5) is 5.69 Å². The fraction of sp³-hybridized carbons (Fsp3) is 0.250. The standard InChI is InChI=1S/C32H29N3O3/c1-5-38-30(37)32(27-19(2)21-12-6-9-15-24(21)33-27)18-31(23-14-8-11-17-26(23)34(4)29(31)36)28-20(3)22-13-7-10-16-25(22)35(28)32/h6-17,33H,5,18H2,1-4H3/t31-,32+/m0/s1. The normalized spacial score (nSPS) is 22.0. The second kappa shape index (κ2) is 7.60. The summed E-state index contributed by atoms with van der Waals surface area (Å²) in [5.41, 5.74) is 5.01. The topological polar surface area (TPSA) is 67.3 Å². The lowest BCUT2D eigenvalue weighted by Crippen LogP contribution is -2.45. The van der Waals surface area contributed by atoms with Crippen molar-refractivity contribution in [3.05, 3.63) is 101 Å². The van der Waals surface area contributed by atoms with Crippen LogP contribution in [0.1, 0.15) is 41.4 Å². The Morgan fingerprint density at radius 2 is 1.63 bits per heavy atom. The number of carbonyl (C=O) groups excluding carboxylic acids is 2. The highest BCUT2D eigenvalue weighted by Gasteiger charge is 2.67. The molecular weight excluding hydrogens is 474 g/mol. The Kier molecular flexibility index (Phi) is 4.57. The quantitative estimate of drug-likeness (QED) is 0.321. The van der Waals surface area contributed by atoms with Crippen molar-refractivity contribution in [3.8, 4) is 0 Å². The number of esters is 1. The van der Waals surface area contributed by atoms with Gasteiger partial charge in [0, 0.05) is 46.7 Å². The van der Waals surface area contributed by atoms with Crippen LogP contribution in [-0.2, 0) is 25.3 Å². The minimum atomic E-state index is -1.27. The molecule has 5 aromatic rings. The highest BCUT2D eigenvalue weighted by atomic mass is 16.5. The number of H-pyrrole nitrogens is 1. The maximum atomic E-state index is 14.5. The van der Waals surface area contributed by atoms with Crippen LogP contribution in [0, 0.1) is 13.8 Å². The van der Waals surface area contributed by atoms with Crippen molar-refractivity contribution >= 4 is 39.4 Å². The van der Waals surface area contributed by atoms with Crippen LogP contribution in [-0.4, -0.2) is 35.1 Å². The SMILES string of the molecule is CCOC(=O)[C@]1(c2[nH]c3ccccc3c2C)C[C@@]2(C(=O)N(C)c3ccccc32)c2c(C)c3ccccc3n21. The second-order valence-electron chi connectivity index (χ2n) is 10.5. The third-order valence-electron chi connectivity index (χ3n) is 8.82. The Hall–Kier alpha value is -4.32. The first kappa shape index (κ1) is 22.8. The number of likely N-dealkylation sites (N-methyl/N-ethyl adjacent to an activating group) is 1. The summed E-state index contributed by atoms with van der Waals surface area (Å²) in [5, 5.41) is 2.08. The largest absolute Gasteiger partial charge is 0.464 e. The van der Waals surface area contributed by atoms with Gasteiger partial charge in [-0.1, -0.05) is 54.6 Å². The van der Waals surface area contributed by atoms with Gasteiger partial charge in [0.2, 0.25) is 5.91 Å². The molecule has 0 radical (unpaired) electrons. The van der Waals surface area contributed by atoms with Gasteiger partial charge >= 0.3 is 5.97 Å². The van der Waals surface area contributed by atoms with Crippen molar-refractivity contribution in [2.45, 2.75) is 38.1 Å². The molecule has 190 valence electrons. The van der Waals surface area contributed by atoms with E-state index in [-0.39, 0.29) is 24.9 Å². The molecule has 0 aliphatic carbocycles. The van der Waals surface area contributed by atoms with Crippen LogP contribution in [0.2, 0.25) is 0 Å². The zero-order valence-electron chi connectivity index (χ0n) is 22.0. The summed E-state index contributed by atoms with van der Waals surface area (Å²) in [6, 6.07) is 24.2. The van der Waals surface area contributed by atoms with E-state index in [1.807, 2.05) is 74.6 Å². The third-order valence-corrected chi connectivity index (χ3v) is 8.82. The van der Waals surface area contributed by atoms with Crippen LogP contribution in [0.25, 0.3) is 21.8 Å². The minimum Gasteiger partial charge on any atom is -0.464 e. The molecular formula is C32H29N3O3. The number of nitrogens with one attached hydrogen (secondary N) is 1. The number of benzene rings is 3. The summed E-state index contributed by atoms with van der Waals surface area (Å²) in [5.74, 6) is -0.376. The van der Waals surface area contributed by atoms with Crippen molar-refractivity contribution in [2.24, 2.45) is 0 Å². The third kappa shape index (κ3) is 2.48. The van der Waals surface area contributed by atoms with Crippen LogP contribution >= 0.6 is 0 Å². The highest BCUT2D eigenvalue weighted by molar-refractivity contribution is 6.13. The Morgan fingerprint density at radius 1 is 0.947 bits per heavy atom. The number of amides is 1. The molecule has 3 aromatic carbocycles. The molecule has 0 saturated heterocycles. The van der Waals surface area contributed by atoms with Gasteiger partial charge in [-0.3, -0.25) is 4.79 Å². The van der Waals surface area contributed by atoms with Gasteiger partial charge in [-0.15, -0.1) is 0 Å². The number of hydrogen-bond donors (Lipinski definition) is 1. The first-order valence-electron chi connectivity index (χ1n) is 13.1. The van der Waals surface area contributed by atoms with Crippen LogP contribution < -0.4 is 4.90 Å². The molecule has 1 amide bonds. The summed E-state index contributed by atoms with van der Waals surface area (Å²) >= 11 is 0. The van der Waals surface area contributed by atoms with E-state index in [0.717, 1.165) is 55.6 Å².